The van der Waals surface area contributed by atoms with Crippen molar-refractivity contribution in [2.75, 3.05) is 11.4 Å². The molecule has 3 rings (SSSR count). The fourth-order valence-electron chi connectivity index (χ4n) is 3.43. The molecule has 9 heteroatoms. The fourth-order valence-corrected chi connectivity index (χ4v) is 3.79. The zero-order chi connectivity index (χ0) is 18.0. The number of rotatable bonds is 3. The zero-order valence-electron chi connectivity index (χ0n) is 13.5. The van der Waals surface area contributed by atoms with Crippen LogP contribution in [0.1, 0.15) is 44.1 Å². The number of carbonyl (C=O) groups is 1. The smallest absolute Gasteiger partial charge is 0.311 e. The van der Waals surface area contributed by atoms with Crippen molar-refractivity contribution < 1.29 is 22.0 Å². The van der Waals surface area contributed by atoms with Crippen LogP contribution in [0.3, 0.4) is 0 Å². The molecule has 2 aliphatic rings. The minimum atomic E-state index is -4.68. The number of amides is 1. The Morgan fingerprint density at radius 3 is 2.68 bits per heavy atom. The Bertz CT molecular complexity index is 803. The molecule has 1 saturated carbocycles. The summed E-state index contributed by atoms with van der Waals surface area (Å²) in [6.45, 7) is 0.373. The van der Waals surface area contributed by atoms with Gasteiger partial charge in [0, 0.05) is 29.5 Å². The highest BCUT2D eigenvalue weighted by molar-refractivity contribution is 7.80. The third-order valence-corrected chi connectivity index (χ3v) is 5.09. The molecule has 0 aromatic heterocycles. The molecule has 0 saturated heterocycles. The third-order valence-electron chi connectivity index (χ3n) is 4.59. The van der Waals surface area contributed by atoms with E-state index in [0.717, 1.165) is 25.7 Å². The molecule has 1 N–H and O–H groups in total. The molecule has 0 bridgehead atoms. The van der Waals surface area contributed by atoms with E-state index in [4.69, 9.17) is 16.2 Å². The van der Waals surface area contributed by atoms with E-state index in [1.54, 1.807) is 23.1 Å². The summed E-state index contributed by atoms with van der Waals surface area (Å²) in [5.74, 6) is 0.0999. The van der Waals surface area contributed by atoms with E-state index in [9.17, 15) is 13.2 Å². The molecule has 1 amide bonds. The van der Waals surface area contributed by atoms with Gasteiger partial charge in [0.05, 0.1) is 11.4 Å². The van der Waals surface area contributed by atoms with Crippen molar-refractivity contribution in [3.8, 4) is 0 Å². The highest BCUT2D eigenvalue weighted by Gasteiger charge is 2.32. The van der Waals surface area contributed by atoms with Crippen molar-refractivity contribution >= 4 is 39.3 Å². The second-order valence-corrected chi connectivity index (χ2v) is 7.72. The van der Waals surface area contributed by atoms with Gasteiger partial charge in [-0.15, -0.1) is 0 Å². The summed E-state index contributed by atoms with van der Waals surface area (Å²) in [6.07, 6.45) is 5.39. The summed E-state index contributed by atoms with van der Waals surface area (Å²) >= 11 is 6.04. The van der Waals surface area contributed by atoms with Crippen LogP contribution >= 0.6 is 11.6 Å². The summed E-state index contributed by atoms with van der Waals surface area (Å²) in [4.78, 5) is 14.6. The highest BCUT2D eigenvalue weighted by atomic mass is 35.5. The Balaban J connectivity index is 1.92. The first-order valence-corrected chi connectivity index (χ1v) is 9.94. The van der Waals surface area contributed by atoms with Crippen LogP contribution in [0.2, 0.25) is 5.02 Å². The summed E-state index contributed by atoms with van der Waals surface area (Å²) < 4.78 is 34.4. The molecule has 1 aliphatic carbocycles. The molecule has 0 atom stereocenters. The van der Waals surface area contributed by atoms with E-state index in [2.05, 4.69) is 9.44 Å². The van der Waals surface area contributed by atoms with Gasteiger partial charge >= 0.3 is 10.4 Å². The van der Waals surface area contributed by atoms with Crippen LogP contribution in [-0.4, -0.2) is 31.1 Å². The normalized spacial score (nSPS) is 20.4. The number of halogens is 1. The van der Waals surface area contributed by atoms with Crippen LogP contribution in [-0.2, 0) is 19.5 Å². The number of oxime groups is 1. The molecule has 136 valence electrons. The van der Waals surface area contributed by atoms with E-state index in [0.29, 0.717) is 35.0 Å². The van der Waals surface area contributed by atoms with Crippen LogP contribution in [0.4, 0.5) is 5.69 Å². The lowest BCUT2D eigenvalue weighted by atomic mass is 9.87. The van der Waals surface area contributed by atoms with Crippen LogP contribution in [0, 0.1) is 5.92 Å². The first-order valence-electron chi connectivity index (χ1n) is 8.19. The first kappa shape index (κ1) is 18.2. The van der Waals surface area contributed by atoms with Gasteiger partial charge in [-0.2, -0.15) is 8.42 Å². The Morgan fingerprint density at radius 2 is 2.00 bits per heavy atom. The Morgan fingerprint density at radius 1 is 1.28 bits per heavy atom. The van der Waals surface area contributed by atoms with E-state index < -0.39 is 10.4 Å². The average molecular weight is 387 g/mol. The lowest BCUT2D eigenvalue weighted by molar-refractivity contribution is -0.123. The number of nitrogens with zero attached hydrogens (tertiary/aromatic N) is 2. The Labute approximate surface area is 151 Å². The maximum atomic E-state index is 12.9. The quantitative estimate of drug-likeness (QED) is 0.635. The van der Waals surface area contributed by atoms with Gasteiger partial charge in [-0.1, -0.05) is 36.0 Å². The van der Waals surface area contributed by atoms with Gasteiger partial charge in [-0.3, -0.25) is 9.35 Å². The SMILES string of the molecule is O=C(C1CCCCC1)N1CC/C(=N/OS(=O)(=O)O)c2cc(Cl)ccc21. The molecular formula is C16H19ClN2O5S. The van der Waals surface area contributed by atoms with Gasteiger partial charge in [0.25, 0.3) is 0 Å². The van der Waals surface area contributed by atoms with Crippen LogP contribution < -0.4 is 4.90 Å². The van der Waals surface area contributed by atoms with Gasteiger partial charge in [-0.25, -0.2) is 4.28 Å². The topological polar surface area (TPSA) is 96.3 Å². The minimum absolute atomic E-state index is 0.0184. The molecule has 1 aliphatic heterocycles. The lowest BCUT2D eigenvalue weighted by Crippen LogP contribution is -2.41. The Kier molecular flexibility index (Phi) is 5.31. The van der Waals surface area contributed by atoms with E-state index in [1.807, 2.05) is 0 Å². The predicted molar refractivity (Wildman–Crippen MR) is 94.2 cm³/mol. The van der Waals surface area contributed by atoms with Gasteiger partial charge in [0.1, 0.15) is 0 Å². The number of fused-ring (bicyclic) bond motifs is 1. The zero-order valence-corrected chi connectivity index (χ0v) is 15.1. The average Bonchev–Trinajstić information content (AvgIpc) is 2.59. The molecule has 0 unspecified atom stereocenters. The maximum absolute atomic E-state index is 12.9. The van der Waals surface area contributed by atoms with Crippen LogP contribution in [0.5, 0.6) is 0 Å². The molecule has 1 aromatic rings. The molecule has 25 heavy (non-hydrogen) atoms. The number of hydrogen-bond acceptors (Lipinski definition) is 5. The summed E-state index contributed by atoms with van der Waals surface area (Å²) in [5, 5.41) is 3.96. The first-order chi connectivity index (χ1) is 11.8. The number of carbonyl (C=O) groups excluding carboxylic acids is 1. The molecule has 0 spiro atoms. The highest BCUT2D eigenvalue weighted by Crippen LogP contribution is 2.34. The van der Waals surface area contributed by atoms with Crippen molar-refractivity contribution in [3.63, 3.8) is 0 Å². The number of benzene rings is 1. The van der Waals surface area contributed by atoms with Crippen molar-refractivity contribution in [2.45, 2.75) is 38.5 Å². The molecule has 1 fully saturated rings. The molecule has 1 heterocycles. The van der Waals surface area contributed by atoms with E-state index in [1.165, 1.54) is 6.42 Å². The maximum Gasteiger partial charge on any atom is 0.466 e. The molecule has 7 nitrogen and oxygen atoms in total. The largest absolute Gasteiger partial charge is 0.466 e. The molecular weight excluding hydrogens is 368 g/mol. The monoisotopic (exact) mass is 386 g/mol. The fraction of sp³-hybridized carbons (Fsp3) is 0.500. The van der Waals surface area contributed by atoms with Gasteiger partial charge in [0.2, 0.25) is 5.91 Å². The van der Waals surface area contributed by atoms with E-state index >= 15 is 0 Å². The predicted octanol–water partition coefficient (Wildman–Crippen LogP) is 3.18. The Hall–Kier alpha value is -1.64. The van der Waals surface area contributed by atoms with Crippen molar-refractivity contribution in [3.05, 3.63) is 28.8 Å². The van der Waals surface area contributed by atoms with Gasteiger partial charge in [0.15, 0.2) is 0 Å². The molecule has 1 aromatic carbocycles. The molecule has 0 radical (unpaired) electrons. The van der Waals surface area contributed by atoms with Crippen LogP contribution in [0.25, 0.3) is 0 Å². The lowest BCUT2D eigenvalue weighted by Gasteiger charge is -2.34. The second-order valence-electron chi connectivity index (χ2n) is 6.28. The van der Waals surface area contributed by atoms with Gasteiger partial charge in [-0.05, 0) is 31.0 Å². The number of anilines is 1. The van der Waals surface area contributed by atoms with Crippen molar-refractivity contribution in [1.29, 1.82) is 0 Å². The minimum Gasteiger partial charge on any atom is -0.311 e. The summed E-state index contributed by atoms with van der Waals surface area (Å²) in [6, 6.07) is 5.01. The summed E-state index contributed by atoms with van der Waals surface area (Å²) in [7, 11) is -4.68. The standard InChI is InChI=1S/C16H19ClN2O5S/c17-12-6-7-15-13(10-12)14(18-24-25(21,22)23)8-9-19(15)16(20)11-4-2-1-3-5-11/h6-7,10-11H,1-5,8-9H2,(H,21,22,23)/b18-14-. The van der Waals surface area contributed by atoms with Crippen molar-refractivity contribution in [2.24, 2.45) is 11.1 Å². The van der Waals surface area contributed by atoms with Crippen molar-refractivity contribution in [1.82, 2.24) is 0 Å². The third kappa shape index (κ3) is 4.31. The summed E-state index contributed by atoms with van der Waals surface area (Å²) in [5.41, 5.74) is 1.48. The van der Waals surface area contributed by atoms with Crippen LogP contribution in [0.15, 0.2) is 23.4 Å². The number of hydrogen-bond donors (Lipinski definition) is 1. The second kappa shape index (κ2) is 7.31. The van der Waals surface area contributed by atoms with E-state index in [-0.39, 0.29) is 11.8 Å². The van der Waals surface area contributed by atoms with Gasteiger partial charge < -0.3 is 4.90 Å².